The zero-order chi connectivity index (χ0) is 12.1. The first kappa shape index (κ1) is 12.0. The highest BCUT2D eigenvalue weighted by Crippen LogP contribution is 2.23. The molecular weight excluding hydrogens is 202 g/mol. The van der Waals surface area contributed by atoms with Gasteiger partial charge in [-0.2, -0.15) is 10.5 Å². The van der Waals surface area contributed by atoms with Gasteiger partial charge in [0.05, 0.1) is 12.1 Å². The van der Waals surface area contributed by atoms with Gasteiger partial charge in [-0.25, -0.2) is 0 Å². The van der Waals surface area contributed by atoms with E-state index in [2.05, 4.69) is 0 Å². The Morgan fingerprint density at radius 2 is 1.62 bits per heavy atom. The summed E-state index contributed by atoms with van der Waals surface area (Å²) in [5.74, 6) is -1.02. The standard InChI is InChI=1S/C12H13N3O/c1-15(2)11-5-3-9(4-6-11)12(16)10(7-13)8-14/h3-6,10,12,16H,1-2H3. The van der Waals surface area contributed by atoms with Crippen molar-refractivity contribution in [2.75, 3.05) is 19.0 Å². The third-order valence-corrected chi connectivity index (χ3v) is 2.34. The summed E-state index contributed by atoms with van der Waals surface area (Å²) >= 11 is 0. The molecular formula is C12H13N3O. The Morgan fingerprint density at radius 1 is 1.12 bits per heavy atom. The van der Waals surface area contributed by atoms with E-state index in [1.165, 1.54) is 0 Å². The Bertz CT molecular complexity index is 411. The molecule has 4 heteroatoms. The zero-order valence-corrected chi connectivity index (χ0v) is 9.25. The SMILES string of the molecule is CN(C)c1ccc(C(O)C(C#N)C#N)cc1. The predicted molar refractivity (Wildman–Crippen MR) is 60.4 cm³/mol. The molecule has 1 rings (SSSR count). The van der Waals surface area contributed by atoms with Crippen LogP contribution in [0.1, 0.15) is 11.7 Å². The number of aliphatic hydroxyl groups excluding tert-OH is 1. The van der Waals surface area contributed by atoms with Crippen molar-refractivity contribution in [2.45, 2.75) is 6.10 Å². The van der Waals surface area contributed by atoms with E-state index in [1.807, 2.05) is 31.1 Å². The third-order valence-electron chi connectivity index (χ3n) is 2.34. The van der Waals surface area contributed by atoms with Gasteiger partial charge in [0.2, 0.25) is 0 Å². The lowest BCUT2D eigenvalue weighted by Crippen LogP contribution is -2.11. The van der Waals surface area contributed by atoms with Crippen molar-refractivity contribution in [3.05, 3.63) is 29.8 Å². The lowest BCUT2D eigenvalue weighted by atomic mass is 9.98. The fourth-order valence-corrected chi connectivity index (χ4v) is 1.33. The second-order valence-electron chi connectivity index (χ2n) is 3.67. The molecule has 0 spiro atoms. The Morgan fingerprint density at radius 3 is 2.00 bits per heavy atom. The fourth-order valence-electron chi connectivity index (χ4n) is 1.33. The van der Waals surface area contributed by atoms with Crippen LogP contribution in [-0.2, 0) is 0 Å². The van der Waals surface area contributed by atoms with Crippen LogP contribution in [0.3, 0.4) is 0 Å². The lowest BCUT2D eigenvalue weighted by Gasteiger charge is -2.15. The highest BCUT2D eigenvalue weighted by atomic mass is 16.3. The van der Waals surface area contributed by atoms with E-state index in [-0.39, 0.29) is 0 Å². The van der Waals surface area contributed by atoms with Crippen LogP contribution in [0.5, 0.6) is 0 Å². The first-order valence-corrected chi connectivity index (χ1v) is 4.84. The minimum absolute atomic E-state index is 0.582. The molecule has 1 aromatic carbocycles. The summed E-state index contributed by atoms with van der Waals surface area (Å²) < 4.78 is 0. The van der Waals surface area contributed by atoms with Gasteiger partial charge in [-0.1, -0.05) is 12.1 Å². The number of aliphatic hydroxyl groups is 1. The van der Waals surface area contributed by atoms with Crippen LogP contribution in [0.2, 0.25) is 0 Å². The molecule has 0 saturated heterocycles. The Balaban J connectivity index is 2.91. The van der Waals surface area contributed by atoms with E-state index < -0.39 is 12.0 Å². The maximum absolute atomic E-state index is 9.75. The van der Waals surface area contributed by atoms with Crippen LogP contribution in [0, 0.1) is 28.6 Å². The Labute approximate surface area is 95.0 Å². The number of nitriles is 2. The molecule has 1 aromatic rings. The van der Waals surface area contributed by atoms with Gasteiger partial charge >= 0.3 is 0 Å². The molecule has 4 nitrogen and oxygen atoms in total. The number of anilines is 1. The van der Waals surface area contributed by atoms with Crippen molar-refractivity contribution < 1.29 is 5.11 Å². The average Bonchev–Trinajstić information content (AvgIpc) is 2.30. The number of benzene rings is 1. The highest BCUT2D eigenvalue weighted by Gasteiger charge is 2.19. The Kier molecular flexibility index (Phi) is 3.88. The first-order chi connectivity index (χ1) is 7.60. The van der Waals surface area contributed by atoms with Gasteiger partial charge in [-0.15, -0.1) is 0 Å². The fraction of sp³-hybridized carbons (Fsp3) is 0.333. The molecule has 0 fully saturated rings. The molecule has 0 heterocycles. The smallest absolute Gasteiger partial charge is 0.163 e. The minimum Gasteiger partial charge on any atom is -0.386 e. The second kappa shape index (κ2) is 5.16. The molecule has 0 radical (unpaired) electrons. The van der Waals surface area contributed by atoms with Gasteiger partial charge in [-0.3, -0.25) is 0 Å². The van der Waals surface area contributed by atoms with Crippen LogP contribution in [-0.4, -0.2) is 19.2 Å². The minimum atomic E-state index is -1.05. The molecule has 0 bridgehead atoms. The quantitative estimate of drug-likeness (QED) is 0.828. The maximum atomic E-state index is 9.75. The van der Waals surface area contributed by atoms with Gasteiger partial charge in [0, 0.05) is 19.8 Å². The molecule has 0 amide bonds. The van der Waals surface area contributed by atoms with Crippen LogP contribution in [0.4, 0.5) is 5.69 Å². The lowest BCUT2D eigenvalue weighted by molar-refractivity contribution is 0.156. The normalized spacial score (nSPS) is 11.6. The molecule has 0 aromatic heterocycles. The van der Waals surface area contributed by atoms with E-state index >= 15 is 0 Å². The van der Waals surface area contributed by atoms with Crippen molar-refractivity contribution >= 4 is 5.69 Å². The molecule has 1 atom stereocenters. The van der Waals surface area contributed by atoms with E-state index in [0.717, 1.165) is 5.69 Å². The van der Waals surface area contributed by atoms with Gasteiger partial charge in [0.1, 0.15) is 6.10 Å². The van der Waals surface area contributed by atoms with Gasteiger partial charge in [0.25, 0.3) is 0 Å². The summed E-state index contributed by atoms with van der Waals surface area (Å²) in [6.07, 6.45) is -1.05. The van der Waals surface area contributed by atoms with Crippen molar-refractivity contribution in [1.29, 1.82) is 10.5 Å². The average molecular weight is 215 g/mol. The van der Waals surface area contributed by atoms with Crippen LogP contribution < -0.4 is 4.90 Å². The zero-order valence-electron chi connectivity index (χ0n) is 9.25. The summed E-state index contributed by atoms with van der Waals surface area (Å²) in [6, 6.07) is 10.7. The van der Waals surface area contributed by atoms with E-state index in [1.54, 1.807) is 24.3 Å². The van der Waals surface area contributed by atoms with Crippen molar-refractivity contribution in [3.8, 4) is 12.1 Å². The molecule has 1 unspecified atom stereocenters. The largest absolute Gasteiger partial charge is 0.386 e. The molecule has 0 aliphatic heterocycles. The van der Waals surface area contributed by atoms with Crippen molar-refractivity contribution in [1.82, 2.24) is 0 Å². The number of hydrogen-bond acceptors (Lipinski definition) is 4. The maximum Gasteiger partial charge on any atom is 0.163 e. The number of hydrogen-bond donors (Lipinski definition) is 1. The molecule has 0 aliphatic rings. The van der Waals surface area contributed by atoms with Gasteiger partial charge in [0.15, 0.2) is 5.92 Å². The van der Waals surface area contributed by atoms with Crippen LogP contribution in [0.15, 0.2) is 24.3 Å². The molecule has 82 valence electrons. The highest BCUT2D eigenvalue weighted by molar-refractivity contribution is 5.46. The Hall–Kier alpha value is -2.04. The summed E-state index contributed by atoms with van der Waals surface area (Å²) in [6.45, 7) is 0. The molecule has 0 saturated carbocycles. The summed E-state index contributed by atoms with van der Waals surface area (Å²) in [7, 11) is 3.83. The van der Waals surface area contributed by atoms with Gasteiger partial charge in [-0.05, 0) is 17.7 Å². The molecule has 1 N–H and O–H groups in total. The van der Waals surface area contributed by atoms with Crippen LogP contribution in [0.25, 0.3) is 0 Å². The topological polar surface area (TPSA) is 71.0 Å². The van der Waals surface area contributed by atoms with Gasteiger partial charge < -0.3 is 10.0 Å². The van der Waals surface area contributed by atoms with E-state index in [9.17, 15) is 5.11 Å². The van der Waals surface area contributed by atoms with Crippen LogP contribution >= 0.6 is 0 Å². The summed E-state index contributed by atoms with van der Waals surface area (Å²) in [4.78, 5) is 1.93. The monoisotopic (exact) mass is 215 g/mol. The molecule has 0 aliphatic carbocycles. The first-order valence-electron chi connectivity index (χ1n) is 4.84. The third kappa shape index (κ3) is 2.50. The number of nitrogens with zero attached hydrogens (tertiary/aromatic N) is 3. The summed E-state index contributed by atoms with van der Waals surface area (Å²) in [5, 5.41) is 27.1. The predicted octanol–water partition coefficient (Wildman–Crippen LogP) is 1.45. The van der Waals surface area contributed by atoms with Crippen molar-refractivity contribution in [3.63, 3.8) is 0 Å². The second-order valence-corrected chi connectivity index (χ2v) is 3.67. The number of rotatable bonds is 3. The van der Waals surface area contributed by atoms with E-state index in [4.69, 9.17) is 10.5 Å². The summed E-state index contributed by atoms with van der Waals surface area (Å²) in [5.41, 5.74) is 1.58. The van der Waals surface area contributed by atoms with Crippen molar-refractivity contribution in [2.24, 2.45) is 5.92 Å². The van der Waals surface area contributed by atoms with E-state index in [0.29, 0.717) is 5.56 Å². The molecule has 16 heavy (non-hydrogen) atoms.